The molecule has 1 atom stereocenters. The summed E-state index contributed by atoms with van der Waals surface area (Å²) < 4.78 is 5.97. The predicted octanol–water partition coefficient (Wildman–Crippen LogP) is 3.92. The van der Waals surface area contributed by atoms with Crippen LogP contribution in [0, 0.1) is 5.92 Å². The SMILES string of the molecule is C/C=C(\C=C(/C)C(O)CCN)OCC1CCCCCCC1. The molecule has 0 bridgehead atoms. The lowest BCUT2D eigenvalue weighted by Crippen LogP contribution is -2.15. The second kappa shape index (κ2) is 10.9. The summed E-state index contributed by atoms with van der Waals surface area (Å²) in [5, 5.41) is 9.92. The minimum absolute atomic E-state index is 0.463. The predicted molar refractivity (Wildman–Crippen MR) is 89.0 cm³/mol. The molecule has 0 heterocycles. The summed E-state index contributed by atoms with van der Waals surface area (Å²) in [5.74, 6) is 1.55. The summed E-state index contributed by atoms with van der Waals surface area (Å²) in [4.78, 5) is 0. The van der Waals surface area contributed by atoms with E-state index in [1.54, 1.807) is 0 Å². The maximum atomic E-state index is 9.92. The Bertz CT molecular complexity index is 328. The van der Waals surface area contributed by atoms with Crippen molar-refractivity contribution in [2.24, 2.45) is 11.7 Å². The molecule has 21 heavy (non-hydrogen) atoms. The molecule has 0 aromatic carbocycles. The van der Waals surface area contributed by atoms with Gasteiger partial charge in [-0.25, -0.2) is 0 Å². The topological polar surface area (TPSA) is 55.5 Å². The second-order valence-corrected chi connectivity index (χ2v) is 6.19. The zero-order valence-electron chi connectivity index (χ0n) is 13.8. The molecule has 3 nitrogen and oxygen atoms in total. The van der Waals surface area contributed by atoms with Crippen molar-refractivity contribution in [3.05, 3.63) is 23.5 Å². The van der Waals surface area contributed by atoms with Crippen LogP contribution in [0.2, 0.25) is 0 Å². The van der Waals surface area contributed by atoms with Crippen LogP contribution in [0.4, 0.5) is 0 Å². The van der Waals surface area contributed by atoms with E-state index in [4.69, 9.17) is 10.5 Å². The van der Waals surface area contributed by atoms with Gasteiger partial charge in [0.2, 0.25) is 0 Å². The lowest BCUT2D eigenvalue weighted by Gasteiger charge is -2.20. The standard InChI is InChI=1S/C18H33NO2/c1-3-17(13-15(2)18(20)11-12-19)21-14-16-9-7-5-4-6-8-10-16/h3,13,16,18,20H,4-12,14,19H2,1-2H3/b15-13+,17-3+. The first-order chi connectivity index (χ1) is 10.2. The summed E-state index contributed by atoms with van der Waals surface area (Å²) in [6.07, 6.45) is 13.4. The summed E-state index contributed by atoms with van der Waals surface area (Å²) in [7, 11) is 0. The van der Waals surface area contributed by atoms with Crippen LogP contribution in [0.25, 0.3) is 0 Å². The van der Waals surface area contributed by atoms with Crippen LogP contribution < -0.4 is 5.73 Å². The first-order valence-electron chi connectivity index (χ1n) is 8.52. The van der Waals surface area contributed by atoms with Gasteiger partial charge in [-0.05, 0) is 63.3 Å². The highest BCUT2D eigenvalue weighted by Gasteiger charge is 2.13. The Hall–Kier alpha value is -0.800. The monoisotopic (exact) mass is 295 g/mol. The number of rotatable bonds is 7. The largest absolute Gasteiger partial charge is 0.494 e. The summed E-state index contributed by atoms with van der Waals surface area (Å²) in [6.45, 7) is 5.21. The number of aliphatic hydroxyl groups is 1. The van der Waals surface area contributed by atoms with Gasteiger partial charge in [-0.1, -0.05) is 32.1 Å². The lowest BCUT2D eigenvalue weighted by atomic mass is 9.92. The molecule has 0 aromatic heterocycles. The van der Waals surface area contributed by atoms with Gasteiger partial charge in [-0.3, -0.25) is 0 Å². The molecule has 1 aliphatic carbocycles. The molecule has 1 aliphatic rings. The van der Waals surface area contributed by atoms with E-state index >= 15 is 0 Å². The Morgan fingerprint density at radius 3 is 2.43 bits per heavy atom. The Morgan fingerprint density at radius 1 is 1.24 bits per heavy atom. The van der Waals surface area contributed by atoms with Gasteiger partial charge in [0.1, 0.15) is 5.76 Å². The van der Waals surface area contributed by atoms with Crippen molar-refractivity contribution < 1.29 is 9.84 Å². The molecule has 1 rings (SSSR count). The first kappa shape index (κ1) is 18.2. The molecule has 1 saturated carbocycles. The van der Waals surface area contributed by atoms with Gasteiger partial charge >= 0.3 is 0 Å². The third kappa shape index (κ3) is 7.68. The lowest BCUT2D eigenvalue weighted by molar-refractivity contribution is 0.154. The van der Waals surface area contributed by atoms with Crippen LogP contribution in [0.1, 0.15) is 65.2 Å². The maximum Gasteiger partial charge on any atom is 0.115 e. The van der Waals surface area contributed by atoms with Crippen molar-refractivity contribution in [1.82, 2.24) is 0 Å². The van der Waals surface area contributed by atoms with Crippen molar-refractivity contribution in [2.75, 3.05) is 13.2 Å². The van der Waals surface area contributed by atoms with Crippen molar-refractivity contribution in [3.8, 4) is 0 Å². The van der Waals surface area contributed by atoms with Crippen molar-refractivity contribution in [2.45, 2.75) is 71.3 Å². The quantitative estimate of drug-likeness (QED) is 0.553. The molecule has 0 saturated heterocycles. The Kier molecular flexibility index (Phi) is 9.44. The summed E-state index contributed by atoms with van der Waals surface area (Å²) >= 11 is 0. The van der Waals surface area contributed by atoms with Gasteiger partial charge in [0, 0.05) is 0 Å². The highest BCUT2D eigenvalue weighted by atomic mass is 16.5. The molecule has 3 N–H and O–H groups in total. The summed E-state index contributed by atoms with van der Waals surface area (Å²) in [6, 6.07) is 0. The van der Waals surface area contributed by atoms with Crippen LogP contribution in [-0.4, -0.2) is 24.4 Å². The first-order valence-corrected chi connectivity index (χ1v) is 8.52. The number of ether oxygens (including phenoxy) is 1. The van der Waals surface area contributed by atoms with Crippen molar-refractivity contribution in [3.63, 3.8) is 0 Å². The molecular formula is C18H33NO2. The minimum atomic E-state index is -0.463. The Balaban J connectivity index is 2.44. The van der Waals surface area contributed by atoms with Crippen LogP contribution in [0.5, 0.6) is 0 Å². The van der Waals surface area contributed by atoms with Crippen LogP contribution in [0.15, 0.2) is 23.5 Å². The zero-order chi connectivity index (χ0) is 15.5. The minimum Gasteiger partial charge on any atom is -0.494 e. The average molecular weight is 295 g/mol. The van der Waals surface area contributed by atoms with Gasteiger partial charge < -0.3 is 15.6 Å². The smallest absolute Gasteiger partial charge is 0.115 e. The Morgan fingerprint density at radius 2 is 1.86 bits per heavy atom. The van der Waals surface area contributed by atoms with Crippen molar-refractivity contribution in [1.29, 1.82) is 0 Å². The van der Waals surface area contributed by atoms with E-state index in [0.29, 0.717) is 18.9 Å². The molecule has 0 radical (unpaired) electrons. The van der Waals surface area contributed by atoms with Gasteiger partial charge in [-0.15, -0.1) is 0 Å². The maximum absolute atomic E-state index is 9.92. The van der Waals surface area contributed by atoms with Crippen LogP contribution in [-0.2, 0) is 4.74 Å². The highest BCUT2D eigenvalue weighted by molar-refractivity contribution is 5.19. The zero-order valence-corrected chi connectivity index (χ0v) is 13.8. The molecular weight excluding hydrogens is 262 g/mol. The van der Waals surface area contributed by atoms with E-state index in [-0.39, 0.29) is 0 Å². The fourth-order valence-corrected chi connectivity index (χ4v) is 2.84. The third-order valence-corrected chi connectivity index (χ3v) is 4.33. The fourth-order valence-electron chi connectivity index (χ4n) is 2.84. The number of hydrogen-bond donors (Lipinski definition) is 2. The molecule has 1 unspecified atom stereocenters. The molecule has 1 fully saturated rings. The number of allylic oxidation sites excluding steroid dienone is 2. The van der Waals surface area contributed by atoms with Gasteiger partial charge in [-0.2, -0.15) is 0 Å². The molecule has 0 aromatic rings. The molecule has 0 spiro atoms. The van der Waals surface area contributed by atoms with Crippen LogP contribution >= 0.6 is 0 Å². The van der Waals surface area contributed by atoms with Crippen LogP contribution in [0.3, 0.4) is 0 Å². The van der Waals surface area contributed by atoms with Gasteiger partial charge in [0.25, 0.3) is 0 Å². The number of hydrogen-bond acceptors (Lipinski definition) is 3. The van der Waals surface area contributed by atoms with E-state index in [1.165, 1.54) is 44.9 Å². The Labute approximate surface area is 130 Å². The second-order valence-electron chi connectivity index (χ2n) is 6.19. The normalized spacial score (nSPS) is 20.8. The summed E-state index contributed by atoms with van der Waals surface area (Å²) in [5.41, 5.74) is 6.40. The molecule has 0 amide bonds. The van der Waals surface area contributed by atoms with E-state index in [2.05, 4.69) is 0 Å². The molecule has 0 aliphatic heterocycles. The van der Waals surface area contributed by atoms with Gasteiger partial charge in [0.05, 0.1) is 12.7 Å². The average Bonchev–Trinajstić information content (AvgIpc) is 2.44. The molecule has 3 heteroatoms. The van der Waals surface area contributed by atoms with E-state index in [0.717, 1.165) is 17.9 Å². The van der Waals surface area contributed by atoms with Gasteiger partial charge in [0.15, 0.2) is 0 Å². The third-order valence-electron chi connectivity index (χ3n) is 4.33. The van der Waals surface area contributed by atoms with Crippen molar-refractivity contribution >= 4 is 0 Å². The van der Waals surface area contributed by atoms with E-state index in [9.17, 15) is 5.11 Å². The number of aliphatic hydroxyl groups excluding tert-OH is 1. The van der Waals surface area contributed by atoms with E-state index < -0.39 is 6.10 Å². The fraction of sp³-hybridized carbons (Fsp3) is 0.778. The molecule has 122 valence electrons. The number of nitrogens with two attached hydrogens (primary N) is 1. The van der Waals surface area contributed by atoms with E-state index in [1.807, 2.05) is 26.0 Å². The highest BCUT2D eigenvalue weighted by Crippen LogP contribution is 2.23.